The lowest BCUT2D eigenvalue weighted by atomic mass is 10.1. The van der Waals surface area contributed by atoms with Crippen LogP contribution < -0.4 is 21.1 Å². The Morgan fingerprint density at radius 2 is 1.97 bits per heavy atom. The van der Waals surface area contributed by atoms with Gasteiger partial charge in [-0.05, 0) is 42.7 Å². The van der Waals surface area contributed by atoms with E-state index in [1.54, 1.807) is 18.7 Å². The highest BCUT2D eigenvalue weighted by molar-refractivity contribution is 5.89. The number of nitrogens with zero attached hydrogens (tertiary/aromatic N) is 2. The molecule has 0 aliphatic carbocycles. The normalized spacial score (nSPS) is 11.8. The zero-order valence-electron chi connectivity index (χ0n) is 19.2. The second-order valence-electron chi connectivity index (χ2n) is 7.78. The van der Waals surface area contributed by atoms with Crippen molar-refractivity contribution < 1.29 is 19.4 Å². The van der Waals surface area contributed by atoms with Gasteiger partial charge in [-0.2, -0.15) is 0 Å². The lowest BCUT2D eigenvalue weighted by molar-refractivity contribution is 0.185. The number of aryl methyl sites for hydroxylation is 1. The molecule has 5 N–H and O–H groups in total. The molecule has 1 aromatic heterocycles. The number of nitrogens with two attached hydrogens (primary N) is 1. The number of para-hydroxylation sites is 1. The fraction of sp³-hybridized carbons (Fsp3) is 0.333. The van der Waals surface area contributed by atoms with Crippen LogP contribution in [0.5, 0.6) is 5.88 Å². The molecule has 3 aromatic rings. The quantitative estimate of drug-likeness (QED) is 0.374. The van der Waals surface area contributed by atoms with Crippen LogP contribution in [0, 0.1) is 13.8 Å². The van der Waals surface area contributed by atoms with E-state index in [1.165, 1.54) is 0 Å². The standard InChI is InChI=1S/C24H31N5O4/c1-16-9-10-18(14-32-3)11-19(16)12-26-24(31)27-22-17(2)23(33-15-20(25)13-30)28-29(22)21-7-5-4-6-8-21/h4-11,20,30H,12-15,25H2,1-3H3,(H2,26,27,31)/t20-/m1/s1. The number of methoxy groups -OCH3 is 1. The monoisotopic (exact) mass is 453 g/mol. The zero-order valence-corrected chi connectivity index (χ0v) is 19.2. The van der Waals surface area contributed by atoms with E-state index in [9.17, 15) is 4.79 Å². The van der Waals surface area contributed by atoms with Crippen molar-refractivity contribution in [1.29, 1.82) is 0 Å². The summed E-state index contributed by atoms with van der Waals surface area (Å²) in [6.45, 7) is 4.59. The number of anilines is 1. The molecular formula is C24H31N5O4. The summed E-state index contributed by atoms with van der Waals surface area (Å²) in [4.78, 5) is 12.8. The Balaban J connectivity index is 1.78. The predicted octanol–water partition coefficient (Wildman–Crippen LogP) is 2.66. The van der Waals surface area contributed by atoms with Gasteiger partial charge in [0.1, 0.15) is 12.4 Å². The van der Waals surface area contributed by atoms with Gasteiger partial charge in [0.25, 0.3) is 0 Å². The van der Waals surface area contributed by atoms with Crippen LogP contribution in [0.25, 0.3) is 5.69 Å². The number of carbonyl (C=O) groups excluding carboxylic acids is 1. The van der Waals surface area contributed by atoms with Crippen LogP contribution in [-0.2, 0) is 17.9 Å². The molecular weight excluding hydrogens is 422 g/mol. The van der Waals surface area contributed by atoms with Crippen molar-refractivity contribution in [2.45, 2.75) is 33.0 Å². The number of urea groups is 1. The molecule has 2 amide bonds. The van der Waals surface area contributed by atoms with Crippen molar-refractivity contribution in [3.63, 3.8) is 0 Å². The number of hydrogen-bond acceptors (Lipinski definition) is 6. The predicted molar refractivity (Wildman–Crippen MR) is 127 cm³/mol. The molecule has 0 bridgehead atoms. The first kappa shape index (κ1) is 24.2. The molecule has 33 heavy (non-hydrogen) atoms. The molecule has 3 rings (SSSR count). The summed E-state index contributed by atoms with van der Waals surface area (Å²) in [5.41, 5.74) is 10.3. The maximum Gasteiger partial charge on any atom is 0.320 e. The molecule has 2 aromatic carbocycles. The van der Waals surface area contributed by atoms with Crippen LogP contribution in [0.1, 0.15) is 22.3 Å². The van der Waals surface area contributed by atoms with E-state index >= 15 is 0 Å². The Morgan fingerprint density at radius 3 is 2.67 bits per heavy atom. The average molecular weight is 454 g/mol. The van der Waals surface area contributed by atoms with Gasteiger partial charge in [-0.1, -0.05) is 36.4 Å². The molecule has 1 heterocycles. The van der Waals surface area contributed by atoms with Gasteiger partial charge >= 0.3 is 6.03 Å². The van der Waals surface area contributed by atoms with Gasteiger partial charge in [-0.3, -0.25) is 5.32 Å². The summed E-state index contributed by atoms with van der Waals surface area (Å²) < 4.78 is 12.5. The zero-order chi connectivity index (χ0) is 23.8. The minimum atomic E-state index is -0.525. The van der Waals surface area contributed by atoms with Crippen LogP contribution in [0.3, 0.4) is 0 Å². The number of rotatable bonds is 10. The summed E-state index contributed by atoms with van der Waals surface area (Å²) in [7, 11) is 1.65. The molecule has 0 aliphatic heterocycles. The number of aliphatic hydroxyl groups excluding tert-OH is 1. The second-order valence-corrected chi connectivity index (χ2v) is 7.78. The van der Waals surface area contributed by atoms with Crippen molar-refractivity contribution in [2.75, 3.05) is 25.6 Å². The third kappa shape index (κ3) is 6.32. The maximum atomic E-state index is 12.8. The van der Waals surface area contributed by atoms with Crippen LogP contribution in [0.2, 0.25) is 0 Å². The lowest BCUT2D eigenvalue weighted by Gasteiger charge is -2.13. The number of hydrogen-bond donors (Lipinski definition) is 4. The van der Waals surface area contributed by atoms with E-state index in [1.807, 2.05) is 55.5 Å². The minimum absolute atomic E-state index is 0.103. The van der Waals surface area contributed by atoms with Crippen molar-refractivity contribution in [3.05, 3.63) is 70.8 Å². The third-order valence-corrected chi connectivity index (χ3v) is 5.14. The number of ether oxygens (including phenoxy) is 2. The Labute approximate surface area is 193 Å². The summed E-state index contributed by atoms with van der Waals surface area (Å²) in [6, 6.07) is 14.6. The van der Waals surface area contributed by atoms with Gasteiger partial charge in [0, 0.05) is 13.7 Å². The Morgan fingerprint density at radius 1 is 1.21 bits per heavy atom. The molecule has 0 fully saturated rings. The van der Waals surface area contributed by atoms with Crippen LogP contribution >= 0.6 is 0 Å². The molecule has 0 unspecified atom stereocenters. The van der Waals surface area contributed by atoms with Crippen molar-refractivity contribution in [1.82, 2.24) is 15.1 Å². The Hall–Kier alpha value is -3.40. The molecule has 0 aliphatic rings. The van der Waals surface area contributed by atoms with Crippen LogP contribution in [-0.4, -0.2) is 47.3 Å². The second kappa shape index (κ2) is 11.5. The molecule has 0 radical (unpaired) electrons. The minimum Gasteiger partial charge on any atom is -0.475 e. The Kier molecular flexibility index (Phi) is 8.42. The van der Waals surface area contributed by atoms with Crippen LogP contribution in [0.15, 0.2) is 48.5 Å². The molecule has 9 nitrogen and oxygen atoms in total. The number of aliphatic hydroxyl groups is 1. The van der Waals surface area contributed by atoms with Crippen molar-refractivity contribution in [3.8, 4) is 11.6 Å². The largest absolute Gasteiger partial charge is 0.475 e. The highest BCUT2D eigenvalue weighted by Gasteiger charge is 2.19. The third-order valence-electron chi connectivity index (χ3n) is 5.14. The van der Waals surface area contributed by atoms with Gasteiger partial charge in [0.05, 0.1) is 30.5 Å². The van der Waals surface area contributed by atoms with E-state index in [0.717, 1.165) is 22.4 Å². The maximum absolute atomic E-state index is 12.8. The summed E-state index contributed by atoms with van der Waals surface area (Å²) in [6.07, 6.45) is 0. The first-order valence-electron chi connectivity index (χ1n) is 10.7. The van der Waals surface area contributed by atoms with E-state index < -0.39 is 6.04 Å². The molecule has 176 valence electrons. The summed E-state index contributed by atoms with van der Waals surface area (Å²) in [5, 5.41) is 19.5. The van der Waals surface area contributed by atoms with E-state index in [4.69, 9.17) is 20.3 Å². The molecule has 0 saturated heterocycles. The summed E-state index contributed by atoms with van der Waals surface area (Å²) >= 11 is 0. The fourth-order valence-corrected chi connectivity index (χ4v) is 3.25. The van der Waals surface area contributed by atoms with E-state index in [0.29, 0.717) is 30.4 Å². The van der Waals surface area contributed by atoms with Crippen molar-refractivity contribution >= 4 is 11.8 Å². The van der Waals surface area contributed by atoms with Gasteiger partial charge < -0.3 is 25.6 Å². The number of benzene rings is 2. The smallest absolute Gasteiger partial charge is 0.320 e. The first-order chi connectivity index (χ1) is 15.9. The number of aromatic nitrogens is 2. The first-order valence-corrected chi connectivity index (χ1v) is 10.7. The topological polar surface area (TPSA) is 124 Å². The molecule has 1 atom stereocenters. The van der Waals surface area contributed by atoms with Gasteiger partial charge in [0.2, 0.25) is 5.88 Å². The van der Waals surface area contributed by atoms with E-state index in [-0.39, 0.29) is 19.2 Å². The lowest BCUT2D eigenvalue weighted by Crippen LogP contribution is -2.31. The number of carbonyl (C=O) groups is 1. The van der Waals surface area contributed by atoms with Gasteiger partial charge in [0.15, 0.2) is 0 Å². The highest BCUT2D eigenvalue weighted by Crippen LogP contribution is 2.28. The van der Waals surface area contributed by atoms with E-state index in [2.05, 4.69) is 15.7 Å². The SMILES string of the molecule is COCc1ccc(C)c(CNC(=O)Nc2c(C)c(OC[C@H](N)CO)nn2-c2ccccc2)c1. The number of nitrogens with one attached hydrogen (secondary N) is 2. The Bertz CT molecular complexity index is 1070. The number of amides is 2. The fourth-order valence-electron chi connectivity index (χ4n) is 3.25. The van der Waals surface area contributed by atoms with Crippen molar-refractivity contribution in [2.24, 2.45) is 5.73 Å². The summed E-state index contributed by atoms with van der Waals surface area (Å²) in [5.74, 6) is 0.817. The molecule has 0 spiro atoms. The van der Waals surface area contributed by atoms with Gasteiger partial charge in [-0.25, -0.2) is 9.48 Å². The highest BCUT2D eigenvalue weighted by atomic mass is 16.5. The molecule has 9 heteroatoms. The average Bonchev–Trinajstić information content (AvgIpc) is 3.13. The van der Waals surface area contributed by atoms with Crippen LogP contribution in [0.4, 0.5) is 10.6 Å². The van der Waals surface area contributed by atoms with Gasteiger partial charge in [-0.15, -0.1) is 5.10 Å². The molecule has 0 saturated carbocycles.